The Morgan fingerprint density at radius 1 is 1.28 bits per heavy atom. The number of thiazole rings is 1. The number of esters is 1. The van der Waals surface area contributed by atoms with Crippen LogP contribution in [-0.4, -0.2) is 30.1 Å². The largest absolute Gasteiger partial charge is 0.494 e. The normalized spacial score (nSPS) is 10.3. The number of carbonyl (C=O) groups is 2. The summed E-state index contributed by atoms with van der Waals surface area (Å²) in [7, 11) is 0. The van der Waals surface area contributed by atoms with E-state index in [9.17, 15) is 9.59 Å². The summed E-state index contributed by atoms with van der Waals surface area (Å²) in [4.78, 5) is 28.0. The standard InChI is InChI=1S/C18H22N2O4S/c1-3-5-9-24-15-8-6-7-13(10-15)17(22)20-18-19-14(12-25-18)11-16(21)23-4-2/h6-8,10,12H,3-5,9,11H2,1-2H3,(H,19,20,22). The third-order valence-electron chi connectivity index (χ3n) is 3.27. The molecule has 0 spiro atoms. The Balaban J connectivity index is 1.94. The van der Waals surface area contributed by atoms with Gasteiger partial charge in [0.05, 0.1) is 25.3 Å². The highest BCUT2D eigenvalue weighted by molar-refractivity contribution is 7.14. The molecule has 2 aromatic rings. The minimum absolute atomic E-state index is 0.0982. The number of hydrogen-bond acceptors (Lipinski definition) is 6. The molecule has 1 aromatic carbocycles. The molecule has 0 atom stereocenters. The Kier molecular flexibility index (Phi) is 7.40. The van der Waals surface area contributed by atoms with Crippen molar-refractivity contribution in [1.29, 1.82) is 0 Å². The summed E-state index contributed by atoms with van der Waals surface area (Å²) in [6.45, 7) is 4.82. The Hall–Kier alpha value is -2.41. The molecule has 0 radical (unpaired) electrons. The predicted octanol–water partition coefficient (Wildman–Crippen LogP) is 3.68. The van der Waals surface area contributed by atoms with Crippen LogP contribution in [0.15, 0.2) is 29.6 Å². The number of nitrogens with zero attached hydrogens (tertiary/aromatic N) is 1. The Bertz CT molecular complexity index is 715. The van der Waals surface area contributed by atoms with Crippen LogP contribution in [0.3, 0.4) is 0 Å². The highest BCUT2D eigenvalue weighted by Gasteiger charge is 2.12. The molecule has 1 amide bonds. The zero-order chi connectivity index (χ0) is 18.1. The van der Waals surface area contributed by atoms with Crippen molar-refractivity contribution < 1.29 is 19.1 Å². The third kappa shape index (κ3) is 6.19. The maximum absolute atomic E-state index is 12.3. The van der Waals surface area contributed by atoms with Crippen molar-refractivity contribution in [3.8, 4) is 5.75 Å². The first-order valence-corrected chi connectivity index (χ1v) is 9.14. The summed E-state index contributed by atoms with van der Waals surface area (Å²) in [6.07, 6.45) is 2.12. The summed E-state index contributed by atoms with van der Waals surface area (Å²) in [5.41, 5.74) is 1.08. The van der Waals surface area contributed by atoms with Gasteiger partial charge in [0.1, 0.15) is 5.75 Å². The van der Waals surface area contributed by atoms with E-state index in [-0.39, 0.29) is 18.3 Å². The molecule has 1 N–H and O–H groups in total. The zero-order valence-electron chi connectivity index (χ0n) is 14.4. The van der Waals surface area contributed by atoms with Gasteiger partial charge in [-0.05, 0) is 31.5 Å². The number of carbonyl (C=O) groups excluding carboxylic acids is 2. The SMILES string of the molecule is CCCCOc1cccc(C(=O)Nc2nc(CC(=O)OCC)cs2)c1. The summed E-state index contributed by atoms with van der Waals surface area (Å²) < 4.78 is 10.5. The number of rotatable bonds is 9. The van der Waals surface area contributed by atoms with Crippen LogP contribution in [0.1, 0.15) is 42.7 Å². The van der Waals surface area contributed by atoms with Crippen LogP contribution >= 0.6 is 11.3 Å². The highest BCUT2D eigenvalue weighted by atomic mass is 32.1. The summed E-state index contributed by atoms with van der Waals surface area (Å²) >= 11 is 1.27. The lowest BCUT2D eigenvalue weighted by molar-refractivity contribution is -0.142. The quantitative estimate of drug-likeness (QED) is 0.544. The maximum atomic E-state index is 12.3. The van der Waals surface area contributed by atoms with Crippen LogP contribution in [0.5, 0.6) is 5.75 Å². The van der Waals surface area contributed by atoms with Crippen molar-refractivity contribution in [3.05, 3.63) is 40.9 Å². The van der Waals surface area contributed by atoms with Gasteiger partial charge in [-0.1, -0.05) is 19.4 Å². The summed E-state index contributed by atoms with van der Waals surface area (Å²) in [5.74, 6) is 0.0730. The molecule has 2 rings (SSSR count). The lowest BCUT2D eigenvalue weighted by Gasteiger charge is -2.07. The molecule has 0 fully saturated rings. The second-order valence-corrected chi connectivity index (χ2v) is 6.17. The summed E-state index contributed by atoms with van der Waals surface area (Å²) in [6, 6.07) is 7.03. The third-order valence-corrected chi connectivity index (χ3v) is 4.07. The van der Waals surface area contributed by atoms with E-state index in [4.69, 9.17) is 9.47 Å². The minimum Gasteiger partial charge on any atom is -0.494 e. The Labute approximate surface area is 151 Å². The molecule has 0 aliphatic carbocycles. The lowest BCUT2D eigenvalue weighted by Crippen LogP contribution is -2.12. The first kappa shape index (κ1) is 18.9. The van der Waals surface area contributed by atoms with Crippen molar-refractivity contribution in [2.24, 2.45) is 0 Å². The number of anilines is 1. The fraction of sp³-hybridized carbons (Fsp3) is 0.389. The van der Waals surface area contributed by atoms with Crippen LogP contribution in [0.2, 0.25) is 0 Å². The zero-order valence-corrected chi connectivity index (χ0v) is 15.2. The van der Waals surface area contributed by atoms with Gasteiger partial charge in [-0.15, -0.1) is 11.3 Å². The molecule has 0 saturated carbocycles. The topological polar surface area (TPSA) is 77.5 Å². The van der Waals surface area contributed by atoms with Crippen LogP contribution in [0.4, 0.5) is 5.13 Å². The number of unbranched alkanes of at least 4 members (excludes halogenated alkanes) is 1. The molecule has 25 heavy (non-hydrogen) atoms. The van der Waals surface area contributed by atoms with Crippen molar-refractivity contribution in [2.45, 2.75) is 33.1 Å². The van der Waals surface area contributed by atoms with Crippen molar-refractivity contribution in [3.63, 3.8) is 0 Å². The molecule has 0 unspecified atom stereocenters. The van der Waals surface area contributed by atoms with E-state index in [1.54, 1.807) is 30.5 Å². The Morgan fingerprint density at radius 3 is 2.88 bits per heavy atom. The van der Waals surface area contributed by atoms with Crippen molar-refractivity contribution in [1.82, 2.24) is 4.98 Å². The van der Waals surface area contributed by atoms with E-state index in [1.807, 2.05) is 6.07 Å². The van der Waals surface area contributed by atoms with Gasteiger partial charge in [0, 0.05) is 10.9 Å². The first-order valence-electron chi connectivity index (χ1n) is 8.26. The van der Waals surface area contributed by atoms with E-state index < -0.39 is 0 Å². The molecule has 7 heteroatoms. The average Bonchev–Trinajstić information content (AvgIpc) is 3.02. The molecule has 1 aromatic heterocycles. The minimum atomic E-state index is -0.331. The van der Waals surface area contributed by atoms with E-state index in [0.29, 0.717) is 35.4 Å². The molecule has 6 nitrogen and oxygen atoms in total. The van der Waals surface area contributed by atoms with Gasteiger partial charge in [0.15, 0.2) is 5.13 Å². The second-order valence-electron chi connectivity index (χ2n) is 5.31. The number of ether oxygens (including phenoxy) is 2. The number of amides is 1. The van der Waals surface area contributed by atoms with Crippen molar-refractivity contribution in [2.75, 3.05) is 18.5 Å². The van der Waals surface area contributed by atoms with Gasteiger partial charge in [-0.25, -0.2) is 4.98 Å². The van der Waals surface area contributed by atoms with Gasteiger partial charge in [0.25, 0.3) is 5.91 Å². The Morgan fingerprint density at radius 2 is 2.12 bits per heavy atom. The maximum Gasteiger partial charge on any atom is 0.311 e. The van der Waals surface area contributed by atoms with Crippen LogP contribution in [-0.2, 0) is 16.0 Å². The molecule has 0 aliphatic heterocycles. The lowest BCUT2D eigenvalue weighted by atomic mass is 10.2. The van der Waals surface area contributed by atoms with Gasteiger partial charge < -0.3 is 9.47 Å². The molecule has 0 aliphatic rings. The van der Waals surface area contributed by atoms with E-state index in [1.165, 1.54) is 11.3 Å². The molecular formula is C18H22N2O4S. The summed E-state index contributed by atoms with van der Waals surface area (Å²) in [5, 5.41) is 4.92. The number of benzene rings is 1. The van der Waals surface area contributed by atoms with E-state index in [2.05, 4.69) is 17.2 Å². The van der Waals surface area contributed by atoms with Gasteiger partial charge in [-0.3, -0.25) is 14.9 Å². The smallest absolute Gasteiger partial charge is 0.311 e. The first-order chi connectivity index (χ1) is 12.1. The second kappa shape index (κ2) is 9.78. The number of hydrogen-bond donors (Lipinski definition) is 1. The van der Waals surface area contributed by atoms with Crippen LogP contribution in [0, 0.1) is 0 Å². The molecule has 134 valence electrons. The van der Waals surface area contributed by atoms with Crippen LogP contribution < -0.4 is 10.1 Å². The van der Waals surface area contributed by atoms with E-state index in [0.717, 1.165) is 12.8 Å². The molecule has 0 saturated heterocycles. The molecule has 1 heterocycles. The van der Waals surface area contributed by atoms with Gasteiger partial charge in [-0.2, -0.15) is 0 Å². The number of aromatic nitrogens is 1. The van der Waals surface area contributed by atoms with Crippen LogP contribution in [0.25, 0.3) is 0 Å². The predicted molar refractivity (Wildman–Crippen MR) is 97.2 cm³/mol. The highest BCUT2D eigenvalue weighted by Crippen LogP contribution is 2.19. The van der Waals surface area contributed by atoms with Gasteiger partial charge >= 0.3 is 5.97 Å². The monoisotopic (exact) mass is 362 g/mol. The fourth-order valence-electron chi connectivity index (χ4n) is 2.04. The van der Waals surface area contributed by atoms with Gasteiger partial charge in [0.2, 0.25) is 0 Å². The molecular weight excluding hydrogens is 340 g/mol. The van der Waals surface area contributed by atoms with E-state index >= 15 is 0 Å². The number of nitrogens with one attached hydrogen (secondary N) is 1. The van der Waals surface area contributed by atoms with Crippen molar-refractivity contribution >= 4 is 28.3 Å². The molecule has 0 bridgehead atoms. The fourth-order valence-corrected chi connectivity index (χ4v) is 2.74. The average molecular weight is 362 g/mol.